The summed E-state index contributed by atoms with van der Waals surface area (Å²) >= 11 is 0. The largest absolute Gasteiger partial charge is 0.505 e. The summed E-state index contributed by atoms with van der Waals surface area (Å²) in [6, 6.07) is 10.7. The van der Waals surface area contributed by atoms with Crippen LogP contribution in [0.5, 0.6) is 0 Å². The van der Waals surface area contributed by atoms with E-state index >= 15 is 0 Å². The number of sulfonamides is 1. The zero-order valence-electron chi connectivity index (χ0n) is 12.0. The van der Waals surface area contributed by atoms with Crippen molar-refractivity contribution in [1.29, 1.82) is 0 Å². The summed E-state index contributed by atoms with van der Waals surface area (Å²) in [6.45, 7) is 0. The lowest BCUT2D eigenvalue weighted by atomic mass is 10.0. The average Bonchev–Trinajstić information content (AvgIpc) is 2.53. The first-order valence-corrected chi connectivity index (χ1v) is 8.10. The highest BCUT2D eigenvalue weighted by molar-refractivity contribution is 7.89. The lowest BCUT2D eigenvalue weighted by Crippen LogP contribution is -2.35. The lowest BCUT2D eigenvalue weighted by Gasteiger charge is -2.28. The van der Waals surface area contributed by atoms with Crippen LogP contribution in [0, 0.1) is 5.82 Å². The number of aliphatic hydroxyl groups excluding tert-OH is 1. The van der Waals surface area contributed by atoms with Crippen molar-refractivity contribution in [3.05, 3.63) is 71.2 Å². The van der Waals surface area contributed by atoms with Crippen LogP contribution in [0.2, 0.25) is 0 Å². The number of Topliss-reactive ketones (excluding diaryl/α,β-unsaturated/α-hetero) is 1. The monoisotopic (exact) mass is 333 g/mol. The summed E-state index contributed by atoms with van der Waals surface area (Å²) in [6.07, 6.45) is 0. The number of benzene rings is 2. The predicted molar refractivity (Wildman–Crippen MR) is 81.7 cm³/mol. The molecule has 1 aliphatic heterocycles. The molecular formula is C16H12FNO4S. The first kappa shape index (κ1) is 15.2. The summed E-state index contributed by atoms with van der Waals surface area (Å²) in [4.78, 5) is 12.5. The normalized spacial score (nSPS) is 16.2. The van der Waals surface area contributed by atoms with Crippen molar-refractivity contribution in [3.8, 4) is 0 Å². The fourth-order valence-corrected chi connectivity index (χ4v) is 3.85. The lowest BCUT2D eigenvalue weighted by molar-refractivity contribution is 0.101. The molecule has 0 amide bonds. The van der Waals surface area contributed by atoms with Crippen molar-refractivity contribution >= 4 is 21.6 Å². The summed E-state index contributed by atoms with van der Waals surface area (Å²) in [5, 5.41) is 10.4. The Morgan fingerprint density at radius 1 is 1.13 bits per heavy atom. The fraction of sp³-hybridized carbons (Fsp3) is 0.0625. The molecular weight excluding hydrogens is 321 g/mol. The van der Waals surface area contributed by atoms with Crippen LogP contribution in [-0.4, -0.2) is 30.7 Å². The van der Waals surface area contributed by atoms with Crippen molar-refractivity contribution < 1.29 is 22.7 Å². The molecule has 1 aliphatic rings. The zero-order chi connectivity index (χ0) is 16.8. The molecule has 0 aromatic heterocycles. The van der Waals surface area contributed by atoms with Gasteiger partial charge in [-0.05, 0) is 24.3 Å². The molecule has 0 saturated carbocycles. The minimum absolute atomic E-state index is 0.0466. The Bertz CT molecular complexity index is 950. The van der Waals surface area contributed by atoms with Gasteiger partial charge in [0.05, 0.1) is 4.90 Å². The Balaban J connectivity index is 2.24. The minimum Gasteiger partial charge on any atom is -0.505 e. The second-order valence-electron chi connectivity index (χ2n) is 5.01. The quantitative estimate of drug-likeness (QED) is 0.857. The molecule has 0 unspecified atom stereocenters. The van der Waals surface area contributed by atoms with E-state index in [1.165, 1.54) is 43.4 Å². The maximum atomic E-state index is 13.3. The SMILES string of the molecule is CN1C(C(=O)c2cccc(F)c2)=C(O)c2ccccc2S1(=O)=O. The van der Waals surface area contributed by atoms with E-state index in [9.17, 15) is 22.7 Å². The van der Waals surface area contributed by atoms with Gasteiger partial charge >= 0.3 is 0 Å². The molecule has 0 aliphatic carbocycles. The van der Waals surface area contributed by atoms with E-state index in [1.807, 2.05) is 0 Å². The van der Waals surface area contributed by atoms with Crippen LogP contribution >= 0.6 is 0 Å². The van der Waals surface area contributed by atoms with Crippen molar-refractivity contribution in [2.75, 3.05) is 7.05 Å². The summed E-state index contributed by atoms with van der Waals surface area (Å²) in [5.74, 6) is -1.85. The van der Waals surface area contributed by atoms with Gasteiger partial charge in [0.15, 0.2) is 5.76 Å². The number of halogens is 1. The predicted octanol–water partition coefficient (Wildman–Crippen LogP) is 2.57. The van der Waals surface area contributed by atoms with Gasteiger partial charge in [0, 0.05) is 18.2 Å². The van der Waals surface area contributed by atoms with Gasteiger partial charge in [-0.1, -0.05) is 24.3 Å². The van der Waals surface area contributed by atoms with Gasteiger partial charge in [-0.25, -0.2) is 12.8 Å². The van der Waals surface area contributed by atoms with Crippen molar-refractivity contribution in [2.45, 2.75) is 4.90 Å². The average molecular weight is 333 g/mol. The number of rotatable bonds is 2. The van der Waals surface area contributed by atoms with Gasteiger partial charge in [-0.15, -0.1) is 0 Å². The third-order valence-corrected chi connectivity index (χ3v) is 5.44. The van der Waals surface area contributed by atoms with Crippen LogP contribution < -0.4 is 0 Å². The Morgan fingerprint density at radius 3 is 2.52 bits per heavy atom. The van der Waals surface area contributed by atoms with Gasteiger partial charge in [0.25, 0.3) is 10.0 Å². The van der Waals surface area contributed by atoms with Crippen molar-refractivity contribution in [3.63, 3.8) is 0 Å². The number of allylic oxidation sites excluding steroid dienone is 1. The smallest absolute Gasteiger partial charge is 0.265 e. The molecule has 0 spiro atoms. The first-order valence-electron chi connectivity index (χ1n) is 6.66. The maximum Gasteiger partial charge on any atom is 0.265 e. The molecule has 0 bridgehead atoms. The van der Waals surface area contributed by atoms with E-state index in [0.29, 0.717) is 0 Å². The Kier molecular flexibility index (Phi) is 3.45. The fourth-order valence-electron chi connectivity index (χ4n) is 2.45. The van der Waals surface area contributed by atoms with Crippen LogP contribution in [0.4, 0.5) is 4.39 Å². The zero-order valence-corrected chi connectivity index (χ0v) is 12.8. The molecule has 3 rings (SSSR count). The number of carbonyl (C=O) groups is 1. The Hall–Kier alpha value is -2.67. The van der Waals surface area contributed by atoms with E-state index < -0.39 is 33.1 Å². The number of hydrogen-bond donors (Lipinski definition) is 1. The second kappa shape index (κ2) is 5.20. The topological polar surface area (TPSA) is 74.7 Å². The van der Waals surface area contributed by atoms with Gasteiger partial charge < -0.3 is 5.11 Å². The third-order valence-electron chi connectivity index (χ3n) is 3.62. The van der Waals surface area contributed by atoms with Gasteiger partial charge in [-0.3, -0.25) is 9.10 Å². The van der Waals surface area contributed by atoms with Crippen LogP contribution in [0.3, 0.4) is 0 Å². The van der Waals surface area contributed by atoms with E-state index in [2.05, 4.69) is 0 Å². The molecule has 118 valence electrons. The number of nitrogens with zero attached hydrogens (tertiary/aromatic N) is 1. The summed E-state index contributed by atoms with van der Waals surface area (Å²) in [7, 11) is -2.79. The number of carbonyl (C=O) groups excluding carboxylic acids is 1. The molecule has 1 heterocycles. The summed E-state index contributed by atoms with van der Waals surface area (Å²) in [5.41, 5.74) is -0.410. The maximum absolute atomic E-state index is 13.3. The molecule has 2 aromatic carbocycles. The highest BCUT2D eigenvalue weighted by Gasteiger charge is 2.37. The van der Waals surface area contributed by atoms with Crippen LogP contribution in [0.25, 0.3) is 5.76 Å². The number of fused-ring (bicyclic) bond motifs is 1. The minimum atomic E-state index is -3.97. The molecule has 0 fully saturated rings. The molecule has 0 saturated heterocycles. The molecule has 7 heteroatoms. The van der Waals surface area contributed by atoms with E-state index in [4.69, 9.17) is 0 Å². The standard InChI is InChI=1S/C16H12FNO4S/c1-18-14(15(19)10-5-4-6-11(17)9-10)16(20)12-7-2-3-8-13(12)23(18,21)22/h2-9,20H,1H3. The number of likely N-dealkylation sites (N-methyl/N-ethyl adjacent to an activating group) is 1. The third kappa shape index (κ3) is 2.29. The molecule has 5 nitrogen and oxygen atoms in total. The number of hydrogen-bond acceptors (Lipinski definition) is 4. The Labute approximate surface area is 132 Å². The molecule has 0 radical (unpaired) electrons. The highest BCUT2D eigenvalue weighted by atomic mass is 32.2. The summed E-state index contributed by atoms with van der Waals surface area (Å²) < 4.78 is 39.1. The van der Waals surface area contributed by atoms with E-state index in [-0.39, 0.29) is 16.0 Å². The molecule has 23 heavy (non-hydrogen) atoms. The van der Waals surface area contributed by atoms with Crippen LogP contribution in [0.15, 0.2) is 59.1 Å². The highest BCUT2D eigenvalue weighted by Crippen LogP contribution is 2.35. The Morgan fingerprint density at radius 2 is 1.83 bits per heavy atom. The van der Waals surface area contributed by atoms with Gasteiger partial charge in [-0.2, -0.15) is 0 Å². The number of aliphatic hydroxyl groups is 1. The van der Waals surface area contributed by atoms with Crippen molar-refractivity contribution in [1.82, 2.24) is 4.31 Å². The van der Waals surface area contributed by atoms with E-state index in [0.717, 1.165) is 10.4 Å². The first-order chi connectivity index (χ1) is 10.8. The van der Waals surface area contributed by atoms with Crippen LogP contribution in [0.1, 0.15) is 15.9 Å². The van der Waals surface area contributed by atoms with E-state index in [1.54, 1.807) is 6.07 Å². The number of ketones is 1. The van der Waals surface area contributed by atoms with Crippen LogP contribution in [-0.2, 0) is 10.0 Å². The molecule has 1 N–H and O–H groups in total. The molecule has 2 aromatic rings. The van der Waals surface area contributed by atoms with Gasteiger partial charge in [0.2, 0.25) is 5.78 Å². The van der Waals surface area contributed by atoms with Gasteiger partial charge in [0.1, 0.15) is 11.5 Å². The van der Waals surface area contributed by atoms with Crippen molar-refractivity contribution in [2.24, 2.45) is 0 Å². The molecule has 0 atom stereocenters. The second-order valence-corrected chi connectivity index (χ2v) is 6.94.